The second-order valence-corrected chi connectivity index (χ2v) is 4.39. The summed E-state index contributed by atoms with van der Waals surface area (Å²) < 4.78 is 1.68. The van der Waals surface area contributed by atoms with E-state index in [0.29, 0.717) is 5.69 Å². The van der Waals surface area contributed by atoms with Crippen LogP contribution >= 0.6 is 0 Å². The van der Waals surface area contributed by atoms with Crippen molar-refractivity contribution in [1.82, 2.24) is 9.38 Å². The Kier molecular flexibility index (Phi) is 2.88. The molecule has 0 unspecified atom stereocenters. The maximum absolute atomic E-state index is 11.3. The van der Waals surface area contributed by atoms with Crippen molar-refractivity contribution in [3.63, 3.8) is 0 Å². The average Bonchev–Trinajstić information content (AvgIpc) is 2.67. The van der Waals surface area contributed by atoms with E-state index in [0.717, 1.165) is 17.6 Å². The predicted octanol–water partition coefficient (Wildman–Crippen LogP) is 2.72. The number of aromatic carboxylic acids is 1. The number of nitrogens with zero attached hydrogens (tertiary/aromatic N) is 2. The van der Waals surface area contributed by atoms with Gasteiger partial charge in [0.2, 0.25) is 0 Å². The van der Waals surface area contributed by atoms with Crippen LogP contribution in [-0.4, -0.2) is 20.5 Å². The molecule has 0 spiro atoms. The first-order chi connectivity index (χ1) is 8.06. The van der Waals surface area contributed by atoms with Crippen LogP contribution in [-0.2, 0) is 6.42 Å². The number of carboxylic acid groups (broad SMARTS) is 1. The molecule has 17 heavy (non-hydrogen) atoms. The Hall–Kier alpha value is -1.84. The molecule has 1 N–H and O–H groups in total. The molecule has 0 saturated heterocycles. The molecule has 0 bridgehead atoms. The van der Waals surface area contributed by atoms with Crippen LogP contribution in [0.5, 0.6) is 0 Å². The number of aryl methyl sites for hydroxylation is 1. The molecule has 0 atom stereocenters. The van der Waals surface area contributed by atoms with Gasteiger partial charge in [-0.1, -0.05) is 26.8 Å². The van der Waals surface area contributed by atoms with Crippen molar-refractivity contribution < 1.29 is 9.90 Å². The number of hydrogen-bond acceptors (Lipinski definition) is 2. The molecule has 0 aromatic carbocycles. The van der Waals surface area contributed by atoms with E-state index in [1.807, 2.05) is 32.9 Å². The average molecular weight is 232 g/mol. The molecule has 4 heteroatoms. The second kappa shape index (κ2) is 4.20. The fourth-order valence-electron chi connectivity index (χ4n) is 2.03. The molecule has 2 heterocycles. The number of carbonyl (C=O) groups is 1. The van der Waals surface area contributed by atoms with Crippen LogP contribution in [0.3, 0.4) is 0 Å². The predicted molar refractivity (Wildman–Crippen MR) is 65.6 cm³/mol. The van der Waals surface area contributed by atoms with Gasteiger partial charge in [0.15, 0.2) is 5.69 Å². The molecule has 2 rings (SSSR count). The Morgan fingerprint density at radius 2 is 2.24 bits per heavy atom. The minimum Gasteiger partial charge on any atom is -0.477 e. The lowest BCUT2D eigenvalue weighted by molar-refractivity contribution is 0.0687. The summed E-state index contributed by atoms with van der Waals surface area (Å²) in [4.78, 5) is 15.8. The number of rotatable bonds is 3. The number of carboxylic acids is 1. The highest BCUT2D eigenvalue weighted by atomic mass is 16.4. The maximum Gasteiger partial charge on any atom is 0.354 e. The van der Waals surface area contributed by atoms with E-state index in [-0.39, 0.29) is 11.6 Å². The summed E-state index contributed by atoms with van der Waals surface area (Å²) in [5.74, 6) is -0.819. The summed E-state index contributed by atoms with van der Waals surface area (Å²) in [5.41, 5.74) is 2.77. The van der Waals surface area contributed by atoms with E-state index in [1.165, 1.54) is 0 Å². The first-order valence-corrected chi connectivity index (χ1v) is 5.79. The van der Waals surface area contributed by atoms with Crippen LogP contribution in [0.4, 0.5) is 0 Å². The normalized spacial score (nSPS) is 11.3. The standard InChI is InChI=1S/C13H16N2O2/c1-4-9-6-5-7-15-11(13(16)17)10(8(2)3)14-12(9)15/h5-8H,4H2,1-3H3,(H,16,17). The second-order valence-electron chi connectivity index (χ2n) is 4.39. The van der Waals surface area contributed by atoms with Crippen LogP contribution in [0.1, 0.15) is 48.4 Å². The number of hydrogen-bond donors (Lipinski definition) is 1. The van der Waals surface area contributed by atoms with Gasteiger partial charge in [-0.3, -0.25) is 4.40 Å². The largest absolute Gasteiger partial charge is 0.477 e. The van der Waals surface area contributed by atoms with Crippen LogP contribution in [0, 0.1) is 0 Å². The molecule has 0 aliphatic rings. The van der Waals surface area contributed by atoms with Crippen molar-refractivity contribution in [3.8, 4) is 0 Å². The minimum absolute atomic E-state index is 0.103. The zero-order valence-corrected chi connectivity index (χ0v) is 10.3. The Morgan fingerprint density at radius 3 is 2.76 bits per heavy atom. The fraction of sp³-hybridized carbons (Fsp3) is 0.385. The molecule has 4 nitrogen and oxygen atoms in total. The highest BCUT2D eigenvalue weighted by Crippen LogP contribution is 2.22. The summed E-state index contributed by atoms with van der Waals surface area (Å²) in [6, 6.07) is 3.85. The van der Waals surface area contributed by atoms with Gasteiger partial charge in [-0.2, -0.15) is 0 Å². The maximum atomic E-state index is 11.3. The number of aromatic nitrogens is 2. The van der Waals surface area contributed by atoms with Crippen LogP contribution < -0.4 is 0 Å². The van der Waals surface area contributed by atoms with E-state index in [1.54, 1.807) is 10.6 Å². The molecule has 2 aromatic heterocycles. The molecule has 90 valence electrons. The summed E-state index contributed by atoms with van der Waals surface area (Å²) in [7, 11) is 0. The van der Waals surface area contributed by atoms with E-state index >= 15 is 0 Å². The van der Waals surface area contributed by atoms with Crippen molar-refractivity contribution in [2.24, 2.45) is 0 Å². The third-order valence-electron chi connectivity index (χ3n) is 2.89. The van der Waals surface area contributed by atoms with Crippen molar-refractivity contribution >= 4 is 11.6 Å². The summed E-state index contributed by atoms with van der Waals surface area (Å²) in [6.07, 6.45) is 2.61. The van der Waals surface area contributed by atoms with Crippen molar-refractivity contribution in [1.29, 1.82) is 0 Å². The Labute approximate surface area is 99.9 Å². The smallest absolute Gasteiger partial charge is 0.354 e. The lowest BCUT2D eigenvalue weighted by atomic mass is 10.1. The zero-order valence-electron chi connectivity index (χ0n) is 10.3. The van der Waals surface area contributed by atoms with Gasteiger partial charge < -0.3 is 5.11 Å². The molecular weight excluding hydrogens is 216 g/mol. The van der Waals surface area contributed by atoms with Gasteiger partial charge in [0.25, 0.3) is 0 Å². The van der Waals surface area contributed by atoms with Crippen LogP contribution in [0.15, 0.2) is 18.3 Å². The molecule has 0 saturated carbocycles. The van der Waals surface area contributed by atoms with Crippen molar-refractivity contribution in [3.05, 3.63) is 35.3 Å². The monoisotopic (exact) mass is 232 g/mol. The topological polar surface area (TPSA) is 54.6 Å². The molecular formula is C13H16N2O2. The lowest BCUT2D eigenvalue weighted by Gasteiger charge is -2.02. The highest BCUT2D eigenvalue weighted by molar-refractivity contribution is 5.88. The number of imidazole rings is 1. The quantitative estimate of drug-likeness (QED) is 0.885. The van der Waals surface area contributed by atoms with Gasteiger partial charge in [-0.25, -0.2) is 9.78 Å². The van der Waals surface area contributed by atoms with Gasteiger partial charge in [0.05, 0.1) is 5.69 Å². The Balaban J connectivity index is 2.83. The van der Waals surface area contributed by atoms with E-state index in [9.17, 15) is 9.90 Å². The van der Waals surface area contributed by atoms with Crippen LogP contribution in [0.25, 0.3) is 5.65 Å². The number of fused-ring (bicyclic) bond motifs is 1. The number of pyridine rings is 1. The van der Waals surface area contributed by atoms with Gasteiger partial charge in [0, 0.05) is 6.20 Å². The van der Waals surface area contributed by atoms with Crippen molar-refractivity contribution in [2.45, 2.75) is 33.1 Å². The molecule has 2 aromatic rings. The SMILES string of the molecule is CCc1cccn2c(C(=O)O)c(C(C)C)nc12. The fourth-order valence-corrected chi connectivity index (χ4v) is 2.03. The first-order valence-electron chi connectivity index (χ1n) is 5.79. The van der Waals surface area contributed by atoms with E-state index in [2.05, 4.69) is 4.98 Å². The summed E-state index contributed by atoms with van der Waals surface area (Å²) >= 11 is 0. The van der Waals surface area contributed by atoms with E-state index in [4.69, 9.17) is 0 Å². The van der Waals surface area contributed by atoms with E-state index < -0.39 is 5.97 Å². The highest BCUT2D eigenvalue weighted by Gasteiger charge is 2.21. The molecule has 0 radical (unpaired) electrons. The Bertz CT molecular complexity index is 570. The molecule has 0 amide bonds. The summed E-state index contributed by atoms with van der Waals surface area (Å²) in [6.45, 7) is 5.96. The first kappa shape index (κ1) is 11.6. The van der Waals surface area contributed by atoms with Gasteiger partial charge in [0.1, 0.15) is 5.65 Å². The molecule has 0 aliphatic heterocycles. The third kappa shape index (κ3) is 1.79. The van der Waals surface area contributed by atoms with Gasteiger partial charge >= 0.3 is 5.97 Å². The van der Waals surface area contributed by atoms with Crippen LogP contribution in [0.2, 0.25) is 0 Å². The summed E-state index contributed by atoms with van der Waals surface area (Å²) in [5, 5.41) is 9.30. The van der Waals surface area contributed by atoms with Crippen molar-refractivity contribution in [2.75, 3.05) is 0 Å². The Morgan fingerprint density at radius 1 is 1.53 bits per heavy atom. The molecule has 0 aliphatic carbocycles. The minimum atomic E-state index is -0.922. The van der Waals surface area contributed by atoms with Gasteiger partial charge in [-0.15, -0.1) is 0 Å². The third-order valence-corrected chi connectivity index (χ3v) is 2.89. The van der Waals surface area contributed by atoms with Gasteiger partial charge in [-0.05, 0) is 24.0 Å². The molecule has 0 fully saturated rings. The zero-order chi connectivity index (χ0) is 12.6. The lowest BCUT2D eigenvalue weighted by Crippen LogP contribution is -2.06.